The molecular formula is C13H24BrNO2. The van der Waals surface area contributed by atoms with E-state index in [2.05, 4.69) is 22.9 Å². The van der Waals surface area contributed by atoms with Gasteiger partial charge in [-0.25, -0.2) is 4.79 Å². The topological polar surface area (TPSA) is 29.5 Å². The second kappa shape index (κ2) is 6.07. The maximum absolute atomic E-state index is 11.9. The van der Waals surface area contributed by atoms with Crippen LogP contribution in [0.1, 0.15) is 47.0 Å². The standard InChI is InChI=1S/C13H24BrNO2/c1-10(14)8-11-6-5-7-15(9-11)12(16)17-13(2,3)4/h10-11H,5-9H2,1-4H3. The molecule has 1 heterocycles. The van der Waals surface area contributed by atoms with Gasteiger partial charge in [-0.3, -0.25) is 0 Å². The van der Waals surface area contributed by atoms with Gasteiger partial charge in [-0.2, -0.15) is 0 Å². The molecule has 0 N–H and O–H groups in total. The van der Waals surface area contributed by atoms with Gasteiger partial charge in [0.25, 0.3) is 0 Å². The van der Waals surface area contributed by atoms with Crippen molar-refractivity contribution < 1.29 is 9.53 Å². The molecule has 1 aliphatic heterocycles. The predicted molar refractivity (Wildman–Crippen MR) is 73.5 cm³/mol. The van der Waals surface area contributed by atoms with Crippen LogP contribution in [0.5, 0.6) is 0 Å². The first-order chi connectivity index (χ1) is 7.78. The van der Waals surface area contributed by atoms with Gasteiger partial charge in [0.2, 0.25) is 0 Å². The highest BCUT2D eigenvalue weighted by Gasteiger charge is 2.27. The van der Waals surface area contributed by atoms with Crippen molar-refractivity contribution in [1.82, 2.24) is 4.90 Å². The van der Waals surface area contributed by atoms with Gasteiger partial charge < -0.3 is 9.64 Å². The number of piperidine rings is 1. The minimum absolute atomic E-state index is 0.163. The molecule has 2 unspecified atom stereocenters. The van der Waals surface area contributed by atoms with E-state index in [1.165, 1.54) is 6.42 Å². The number of ether oxygens (including phenoxy) is 1. The van der Waals surface area contributed by atoms with Crippen LogP contribution in [0.4, 0.5) is 4.79 Å². The van der Waals surface area contributed by atoms with Crippen LogP contribution in [-0.2, 0) is 4.74 Å². The monoisotopic (exact) mass is 305 g/mol. The number of alkyl halides is 1. The maximum atomic E-state index is 11.9. The number of hydrogen-bond donors (Lipinski definition) is 0. The van der Waals surface area contributed by atoms with Gasteiger partial charge in [0.05, 0.1) is 0 Å². The van der Waals surface area contributed by atoms with Gasteiger partial charge >= 0.3 is 6.09 Å². The van der Waals surface area contributed by atoms with Crippen LogP contribution < -0.4 is 0 Å². The number of halogens is 1. The normalized spacial score (nSPS) is 23.4. The zero-order valence-electron chi connectivity index (χ0n) is 11.3. The summed E-state index contributed by atoms with van der Waals surface area (Å²) in [5.41, 5.74) is -0.396. The Kier molecular flexibility index (Phi) is 5.29. The largest absolute Gasteiger partial charge is 0.444 e. The molecule has 1 aliphatic rings. The smallest absolute Gasteiger partial charge is 0.410 e. The molecular weight excluding hydrogens is 282 g/mol. The van der Waals surface area contributed by atoms with Crippen LogP contribution in [0.3, 0.4) is 0 Å². The van der Waals surface area contributed by atoms with E-state index in [1.807, 2.05) is 25.7 Å². The third-order valence-electron chi connectivity index (χ3n) is 2.83. The fourth-order valence-corrected chi connectivity index (χ4v) is 2.74. The molecule has 100 valence electrons. The first kappa shape index (κ1) is 14.8. The van der Waals surface area contributed by atoms with E-state index < -0.39 is 5.60 Å². The van der Waals surface area contributed by atoms with Crippen molar-refractivity contribution in [2.45, 2.75) is 57.4 Å². The number of amides is 1. The van der Waals surface area contributed by atoms with Gasteiger partial charge in [0.1, 0.15) is 5.60 Å². The van der Waals surface area contributed by atoms with Crippen molar-refractivity contribution >= 4 is 22.0 Å². The first-order valence-electron chi connectivity index (χ1n) is 6.40. The minimum Gasteiger partial charge on any atom is -0.444 e. The van der Waals surface area contributed by atoms with Gasteiger partial charge in [-0.1, -0.05) is 22.9 Å². The number of carbonyl (C=O) groups is 1. The van der Waals surface area contributed by atoms with Gasteiger partial charge in [0, 0.05) is 17.9 Å². The summed E-state index contributed by atoms with van der Waals surface area (Å²) >= 11 is 3.58. The summed E-state index contributed by atoms with van der Waals surface area (Å²) in [5.74, 6) is 0.602. The summed E-state index contributed by atoms with van der Waals surface area (Å²) in [6, 6.07) is 0. The maximum Gasteiger partial charge on any atom is 0.410 e. The van der Waals surface area contributed by atoms with Gasteiger partial charge in [-0.05, 0) is 46.0 Å². The van der Waals surface area contributed by atoms with Crippen LogP contribution in [0, 0.1) is 5.92 Å². The Morgan fingerprint density at radius 3 is 2.71 bits per heavy atom. The SMILES string of the molecule is CC(Br)CC1CCCN(C(=O)OC(C)(C)C)C1. The summed E-state index contributed by atoms with van der Waals surface area (Å²) in [4.78, 5) is 14.3. The summed E-state index contributed by atoms with van der Waals surface area (Å²) in [6.07, 6.45) is 3.27. The Balaban J connectivity index is 2.46. The molecule has 3 nitrogen and oxygen atoms in total. The fraction of sp³-hybridized carbons (Fsp3) is 0.923. The first-order valence-corrected chi connectivity index (χ1v) is 7.31. The van der Waals surface area contributed by atoms with Crippen LogP contribution in [0.2, 0.25) is 0 Å². The molecule has 1 saturated heterocycles. The molecule has 0 aromatic rings. The third kappa shape index (κ3) is 5.75. The van der Waals surface area contributed by atoms with E-state index in [4.69, 9.17) is 4.74 Å². The molecule has 1 rings (SSSR count). The molecule has 0 saturated carbocycles. The molecule has 0 aromatic carbocycles. The summed E-state index contributed by atoms with van der Waals surface area (Å²) in [6.45, 7) is 9.56. The van der Waals surface area contributed by atoms with Crippen LogP contribution in [0.25, 0.3) is 0 Å². The van der Waals surface area contributed by atoms with Gasteiger partial charge in [0.15, 0.2) is 0 Å². The van der Waals surface area contributed by atoms with Crippen molar-refractivity contribution in [3.63, 3.8) is 0 Å². The van der Waals surface area contributed by atoms with E-state index in [-0.39, 0.29) is 6.09 Å². The van der Waals surface area contributed by atoms with Crippen LogP contribution >= 0.6 is 15.9 Å². The van der Waals surface area contributed by atoms with Crippen molar-refractivity contribution in [3.8, 4) is 0 Å². The lowest BCUT2D eigenvalue weighted by atomic mass is 9.94. The number of likely N-dealkylation sites (tertiary alicyclic amines) is 1. The molecule has 2 atom stereocenters. The van der Waals surface area contributed by atoms with Crippen molar-refractivity contribution in [2.75, 3.05) is 13.1 Å². The molecule has 0 bridgehead atoms. The Hall–Kier alpha value is -0.250. The molecule has 0 aromatic heterocycles. The highest BCUT2D eigenvalue weighted by Crippen LogP contribution is 2.24. The zero-order chi connectivity index (χ0) is 13.1. The Labute approximate surface area is 113 Å². The average Bonchev–Trinajstić information content (AvgIpc) is 2.14. The Morgan fingerprint density at radius 1 is 1.53 bits per heavy atom. The van der Waals surface area contributed by atoms with E-state index >= 15 is 0 Å². The second-order valence-electron chi connectivity index (χ2n) is 5.95. The number of hydrogen-bond acceptors (Lipinski definition) is 2. The number of nitrogens with zero attached hydrogens (tertiary/aromatic N) is 1. The summed E-state index contributed by atoms with van der Waals surface area (Å²) < 4.78 is 5.41. The van der Waals surface area contributed by atoms with Crippen molar-refractivity contribution in [1.29, 1.82) is 0 Å². The average molecular weight is 306 g/mol. The lowest BCUT2D eigenvalue weighted by Crippen LogP contribution is -2.43. The third-order valence-corrected chi connectivity index (χ3v) is 3.20. The van der Waals surface area contributed by atoms with E-state index in [0.717, 1.165) is 25.9 Å². The van der Waals surface area contributed by atoms with Crippen molar-refractivity contribution in [3.05, 3.63) is 0 Å². The number of rotatable bonds is 2. The van der Waals surface area contributed by atoms with Crippen molar-refractivity contribution in [2.24, 2.45) is 5.92 Å². The predicted octanol–water partition coefficient (Wildman–Crippen LogP) is 3.81. The van der Waals surface area contributed by atoms with Gasteiger partial charge in [-0.15, -0.1) is 0 Å². The molecule has 0 radical (unpaired) electrons. The molecule has 0 aliphatic carbocycles. The van der Waals surface area contributed by atoms with Crippen LogP contribution in [-0.4, -0.2) is 34.5 Å². The Bertz CT molecular complexity index is 261. The minimum atomic E-state index is -0.396. The summed E-state index contributed by atoms with van der Waals surface area (Å²) in [7, 11) is 0. The van der Waals surface area contributed by atoms with Crippen LogP contribution in [0.15, 0.2) is 0 Å². The van der Waals surface area contributed by atoms with E-state index in [0.29, 0.717) is 10.7 Å². The molecule has 1 amide bonds. The van der Waals surface area contributed by atoms with E-state index in [1.54, 1.807) is 0 Å². The highest BCUT2D eigenvalue weighted by molar-refractivity contribution is 9.09. The number of carbonyl (C=O) groups excluding carboxylic acids is 1. The van der Waals surface area contributed by atoms with E-state index in [9.17, 15) is 4.79 Å². The lowest BCUT2D eigenvalue weighted by Gasteiger charge is -2.34. The fourth-order valence-electron chi connectivity index (χ4n) is 2.21. The molecule has 17 heavy (non-hydrogen) atoms. The highest BCUT2D eigenvalue weighted by atomic mass is 79.9. The second-order valence-corrected chi connectivity index (χ2v) is 7.51. The zero-order valence-corrected chi connectivity index (χ0v) is 12.9. The summed E-state index contributed by atoms with van der Waals surface area (Å²) in [5, 5.41) is 0. The molecule has 1 fully saturated rings. The quantitative estimate of drug-likeness (QED) is 0.726. The Morgan fingerprint density at radius 2 is 2.18 bits per heavy atom. The lowest BCUT2D eigenvalue weighted by molar-refractivity contribution is 0.0162. The molecule has 0 spiro atoms. The molecule has 4 heteroatoms.